The summed E-state index contributed by atoms with van der Waals surface area (Å²) in [4.78, 5) is 14.6. The van der Waals surface area contributed by atoms with Gasteiger partial charge in [-0.1, -0.05) is 13.8 Å². The monoisotopic (exact) mass is 339 g/mol. The van der Waals surface area contributed by atoms with Gasteiger partial charge in [0.2, 0.25) is 5.91 Å². The van der Waals surface area contributed by atoms with Gasteiger partial charge in [0.25, 0.3) is 0 Å². The Labute approximate surface area is 141 Å². The summed E-state index contributed by atoms with van der Waals surface area (Å²) in [5, 5.41) is 6.37. The van der Waals surface area contributed by atoms with Crippen LogP contribution in [0.15, 0.2) is 0 Å². The van der Waals surface area contributed by atoms with Crippen molar-refractivity contribution in [2.75, 3.05) is 32.7 Å². The van der Waals surface area contributed by atoms with Crippen LogP contribution in [-0.2, 0) is 4.79 Å². The lowest BCUT2D eigenvalue weighted by molar-refractivity contribution is -0.126. The summed E-state index contributed by atoms with van der Waals surface area (Å²) in [6.45, 7) is 11.7. The Bertz CT molecular complexity index is 313. The Hall–Kier alpha value is -0.0300. The Kier molecular flexibility index (Phi) is 9.87. The predicted octanol–water partition coefficient (Wildman–Crippen LogP) is 1.92. The third-order valence-corrected chi connectivity index (χ3v) is 4.82. The Balaban J connectivity index is 0.00000200. The molecular weight excluding hydrogens is 309 g/mol. The van der Waals surface area contributed by atoms with Gasteiger partial charge in [-0.2, -0.15) is 0 Å². The molecule has 1 amide bonds. The maximum atomic E-state index is 12.1. The highest BCUT2D eigenvalue weighted by atomic mass is 35.5. The molecule has 0 radical (unpaired) electrons. The molecule has 0 aliphatic carbocycles. The van der Waals surface area contributed by atoms with Gasteiger partial charge in [-0.05, 0) is 51.2 Å². The third kappa shape index (κ3) is 5.93. The second-order valence-corrected chi connectivity index (χ2v) is 6.54. The molecule has 2 aliphatic rings. The summed E-state index contributed by atoms with van der Waals surface area (Å²) in [7, 11) is 0. The van der Waals surface area contributed by atoms with Gasteiger partial charge in [-0.25, -0.2) is 0 Å². The number of hydrogen-bond acceptors (Lipinski definition) is 3. The number of hydrogen-bond donors (Lipinski definition) is 2. The highest BCUT2D eigenvalue weighted by Crippen LogP contribution is 2.18. The van der Waals surface area contributed by atoms with Crippen molar-refractivity contribution in [3.8, 4) is 0 Å². The molecule has 0 aromatic carbocycles. The smallest absolute Gasteiger partial charge is 0.223 e. The summed E-state index contributed by atoms with van der Waals surface area (Å²) in [6, 6.07) is 0.457. The Morgan fingerprint density at radius 3 is 2.52 bits per heavy atom. The quantitative estimate of drug-likeness (QED) is 0.804. The fourth-order valence-electron chi connectivity index (χ4n) is 3.04. The van der Waals surface area contributed by atoms with Gasteiger partial charge in [0.15, 0.2) is 0 Å². The molecular formula is C15H31Cl2N3O. The van der Waals surface area contributed by atoms with Crippen LogP contribution in [-0.4, -0.2) is 49.6 Å². The molecule has 2 aliphatic heterocycles. The molecule has 0 spiro atoms. The molecule has 6 heteroatoms. The summed E-state index contributed by atoms with van der Waals surface area (Å²) < 4.78 is 0. The topological polar surface area (TPSA) is 44.4 Å². The number of carbonyl (C=O) groups excluding carboxylic acids is 1. The van der Waals surface area contributed by atoms with Gasteiger partial charge in [0.1, 0.15) is 0 Å². The number of nitrogens with one attached hydrogen (secondary N) is 2. The van der Waals surface area contributed by atoms with Gasteiger partial charge < -0.3 is 10.6 Å². The minimum absolute atomic E-state index is 0. The summed E-state index contributed by atoms with van der Waals surface area (Å²) in [5.41, 5.74) is 0. The fraction of sp³-hybridized carbons (Fsp3) is 0.933. The van der Waals surface area contributed by atoms with Crippen LogP contribution < -0.4 is 10.6 Å². The van der Waals surface area contributed by atoms with Crippen LogP contribution in [0.4, 0.5) is 0 Å². The van der Waals surface area contributed by atoms with E-state index in [1.807, 2.05) is 0 Å². The van der Waals surface area contributed by atoms with Crippen LogP contribution in [0, 0.1) is 17.8 Å². The van der Waals surface area contributed by atoms with Gasteiger partial charge >= 0.3 is 0 Å². The van der Waals surface area contributed by atoms with Crippen molar-refractivity contribution >= 4 is 30.7 Å². The lowest BCUT2D eigenvalue weighted by Crippen LogP contribution is -2.51. The molecule has 0 aromatic rings. The Morgan fingerprint density at radius 1 is 1.33 bits per heavy atom. The summed E-state index contributed by atoms with van der Waals surface area (Å²) in [6.07, 6.45) is 2.64. The van der Waals surface area contributed by atoms with Crippen molar-refractivity contribution in [2.24, 2.45) is 17.8 Å². The van der Waals surface area contributed by atoms with E-state index in [1.54, 1.807) is 0 Å². The first-order valence-electron chi connectivity index (χ1n) is 7.80. The normalized spacial score (nSPS) is 25.8. The zero-order valence-electron chi connectivity index (χ0n) is 13.4. The zero-order chi connectivity index (χ0) is 13.8. The molecule has 2 heterocycles. The van der Waals surface area contributed by atoms with Gasteiger partial charge in [-0.3, -0.25) is 9.69 Å². The van der Waals surface area contributed by atoms with Crippen LogP contribution in [0.1, 0.15) is 33.6 Å². The van der Waals surface area contributed by atoms with Crippen LogP contribution in [0.2, 0.25) is 0 Å². The van der Waals surface area contributed by atoms with E-state index in [0.717, 1.165) is 25.6 Å². The van der Waals surface area contributed by atoms with Gasteiger partial charge in [0, 0.05) is 25.0 Å². The number of amides is 1. The van der Waals surface area contributed by atoms with E-state index in [0.29, 0.717) is 12.0 Å². The standard InChI is InChI=1S/C15H29N3O.2ClH/c1-11-5-4-6-18(10-11)12(2)7-17-15(19)13(3)14-8-16-9-14;;/h11-14,16H,4-10H2,1-3H3,(H,17,19);2*1H. The highest BCUT2D eigenvalue weighted by Gasteiger charge is 2.29. The number of piperidine rings is 1. The van der Waals surface area contributed by atoms with Crippen molar-refractivity contribution in [1.82, 2.24) is 15.5 Å². The second-order valence-electron chi connectivity index (χ2n) is 6.54. The van der Waals surface area contributed by atoms with E-state index >= 15 is 0 Å². The molecule has 4 nitrogen and oxygen atoms in total. The maximum Gasteiger partial charge on any atom is 0.223 e. The molecule has 2 fully saturated rings. The van der Waals surface area contributed by atoms with Gasteiger partial charge in [0.05, 0.1) is 0 Å². The molecule has 2 saturated heterocycles. The summed E-state index contributed by atoms with van der Waals surface area (Å²) >= 11 is 0. The number of carbonyl (C=O) groups is 1. The SMILES string of the molecule is CC1CCCN(C(C)CNC(=O)C(C)C2CNC2)C1.Cl.Cl. The molecule has 0 aromatic heterocycles. The lowest BCUT2D eigenvalue weighted by Gasteiger charge is -2.36. The molecule has 21 heavy (non-hydrogen) atoms. The first-order chi connectivity index (χ1) is 9.08. The molecule has 3 atom stereocenters. The fourth-order valence-corrected chi connectivity index (χ4v) is 3.04. The van der Waals surface area contributed by atoms with Crippen LogP contribution in [0.5, 0.6) is 0 Å². The van der Waals surface area contributed by atoms with E-state index < -0.39 is 0 Å². The van der Waals surface area contributed by atoms with E-state index in [9.17, 15) is 4.79 Å². The molecule has 3 unspecified atom stereocenters. The Morgan fingerprint density at radius 2 is 2.00 bits per heavy atom. The minimum atomic E-state index is 0. The van der Waals surface area contributed by atoms with Gasteiger partial charge in [-0.15, -0.1) is 24.8 Å². The van der Waals surface area contributed by atoms with Crippen molar-refractivity contribution in [1.29, 1.82) is 0 Å². The summed E-state index contributed by atoms with van der Waals surface area (Å²) in [5.74, 6) is 1.70. The molecule has 0 bridgehead atoms. The van der Waals surface area contributed by atoms with E-state index in [-0.39, 0.29) is 36.6 Å². The average molecular weight is 340 g/mol. The average Bonchev–Trinajstić information content (AvgIpc) is 2.33. The van der Waals surface area contributed by atoms with Crippen molar-refractivity contribution in [3.05, 3.63) is 0 Å². The number of nitrogens with zero attached hydrogens (tertiary/aromatic N) is 1. The minimum Gasteiger partial charge on any atom is -0.354 e. The highest BCUT2D eigenvalue weighted by molar-refractivity contribution is 5.85. The number of halogens is 2. The van der Waals surface area contributed by atoms with Crippen molar-refractivity contribution in [3.63, 3.8) is 0 Å². The molecule has 2 rings (SSSR count). The third-order valence-electron chi connectivity index (χ3n) is 4.82. The van der Waals surface area contributed by atoms with Crippen molar-refractivity contribution < 1.29 is 4.79 Å². The first-order valence-corrected chi connectivity index (χ1v) is 7.80. The van der Waals surface area contributed by atoms with E-state index in [4.69, 9.17) is 0 Å². The van der Waals surface area contributed by atoms with Crippen LogP contribution in [0.25, 0.3) is 0 Å². The number of likely N-dealkylation sites (tertiary alicyclic amines) is 1. The molecule has 2 N–H and O–H groups in total. The van der Waals surface area contributed by atoms with E-state index in [1.165, 1.54) is 25.9 Å². The second kappa shape index (κ2) is 9.88. The van der Waals surface area contributed by atoms with Crippen LogP contribution >= 0.6 is 24.8 Å². The lowest BCUT2D eigenvalue weighted by atomic mass is 9.88. The molecule has 0 saturated carbocycles. The van der Waals surface area contributed by atoms with Crippen LogP contribution in [0.3, 0.4) is 0 Å². The largest absolute Gasteiger partial charge is 0.354 e. The van der Waals surface area contributed by atoms with E-state index in [2.05, 4.69) is 36.3 Å². The van der Waals surface area contributed by atoms with Crippen molar-refractivity contribution in [2.45, 2.75) is 39.7 Å². The maximum absolute atomic E-state index is 12.1. The first kappa shape index (κ1) is 21.0. The zero-order valence-corrected chi connectivity index (χ0v) is 15.1. The molecule has 126 valence electrons. The number of rotatable bonds is 5. The predicted molar refractivity (Wildman–Crippen MR) is 92.5 cm³/mol.